The molecule has 7 nitrogen and oxygen atoms in total. The van der Waals surface area contributed by atoms with Gasteiger partial charge in [0.2, 0.25) is 5.91 Å². The Kier molecular flexibility index (Phi) is 6.82. The number of carbonyl (C=O) groups is 1. The number of aryl methyl sites for hydroxylation is 1. The first kappa shape index (κ1) is 24.3. The fourth-order valence-corrected chi connectivity index (χ4v) is 9.18. The average molecular weight is 560 g/mol. The maximum absolute atomic E-state index is 13.5. The van der Waals surface area contributed by atoms with Gasteiger partial charge in [-0.2, -0.15) is 4.31 Å². The lowest BCUT2D eigenvalue weighted by Gasteiger charge is -2.40. The van der Waals surface area contributed by atoms with E-state index >= 15 is 0 Å². The van der Waals surface area contributed by atoms with Crippen molar-refractivity contribution >= 4 is 77.2 Å². The van der Waals surface area contributed by atoms with Crippen molar-refractivity contribution < 1.29 is 13.2 Å². The summed E-state index contributed by atoms with van der Waals surface area (Å²) < 4.78 is 29.5. The van der Waals surface area contributed by atoms with Crippen LogP contribution < -0.4 is 4.90 Å². The molecule has 182 valence electrons. The van der Waals surface area contributed by atoms with Gasteiger partial charge in [-0.1, -0.05) is 47.0 Å². The van der Waals surface area contributed by atoms with Crippen LogP contribution in [-0.4, -0.2) is 67.3 Å². The van der Waals surface area contributed by atoms with E-state index in [9.17, 15) is 13.2 Å². The Labute approximate surface area is 216 Å². The van der Waals surface area contributed by atoms with Crippen LogP contribution in [0, 0.1) is 6.92 Å². The van der Waals surface area contributed by atoms with E-state index in [2.05, 4.69) is 4.90 Å². The van der Waals surface area contributed by atoms with Crippen molar-refractivity contribution in [2.45, 2.75) is 36.4 Å². The first-order valence-corrected chi connectivity index (χ1v) is 14.9. The first-order valence-electron chi connectivity index (χ1n) is 11.1. The fourth-order valence-electron chi connectivity index (χ4n) is 4.55. The smallest absolute Gasteiger partial charge is 0.253 e. The van der Waals surface area contributed by atoms with Gasteiger partial charge in [0.05, 0.1) is 19.6 Å². The zero-order valence-electron chi connectivity index (χ0n) is 18.5. The highest BCUT2D eigenvalue weighted by atomic mass is 35.5. The zero-order valence-corrected chi connectivity index (χ0v) is 22.5. The molecular weight excluding hydrogens is 535 g/mol. The van der Waals surface area contributed by atoms with Gasteiger partial charge in [-0.15, -0.1) is 11.3 Å². The third-order valence-electron chi connectivity index (χ3n) is 6.40. The number of aromatic nitrogens is 1. The summed E-state index contributed by atoms with van der Waals surface area (Å²) in [5.74, 6) is -0.117. The predicted molar refractivity (Wildman–Crippen MR) is 139 cm³/mol. The van der Waals surface area contributed by atoms with Crippen LogP contribution in [0.15, 0.2) is 28.5 Å². The van der Waals surface area contributed by atoms with Gasteiger partial charge in [-0.25, -0.2) is 13.4 Å². The molecule has 1 atom stereocenters. The number of piperazine rings is 1. The van der Waals surface area contributed by atoms with Gasteiger partial charge in [-0.3, -0.25) is 4.79 Å². The SMILES string of the molecule is Cc1ccc(Cl)c2sc(N3CCN(C(=O)C4CCCCN4S(=O)(=O)c4ccc(Cl)s4)CC3)nc12. The zero-order chi connectivity index (χ0) is 24.0. The first-order chi connectivity index (χ1) is 16.3. The summed E-state index contributed by atoms with van der Waals surface area (Å²) >= 11 is 14.9. The van der Waals surface area contributed by atoms with Gasteiger partial charge >= 0.3 is 0 Å². The minimum absolute atomic E-state index is 0.117. The molecule has 5 rings (SSSR count). The van der Waals surface area contributed by atoms with Crippen LogP contribution >= 0.6 is 45.9 Å². The van der Waals surface area contributed by atoms with E-state index in [1.165, 1.54) is 10.4 Å². The number of benzene rings is 1. The van der Waals surface area contributed by atoms with Gasteiger partial charge in [0.1, 0.15) is 10.3 Å². The quantitative estimate of drug-likeness (QED) is 0.457. The van der Waals surface area contributed by atoms with E-state index in [-0.39, 0.29) is 10.1 Å². The minimum atomic E-state index is -3.76. The summed E-state index contributed by atoms with van der Waals surface area (Å²) in [6.45, 7) is 4.70. The Morgan fingerprint density at radius 2 is 1.79 bits per heavy atom. The lowest BCUT2D eigenvalue weighted by Crippen LogP contribution is -2.57. The molecule has 0 spiro atoms. The Bertz CT molecular complexity index is 1290. The number of thiophene rings is 1. The van der Waals surface area contributed by atoms with Crippen molar-refractivity contribution in [2.24, 2.45) is 0 Å². The van der Waals surface area contributed by atoms with Crippen LogP contribution in [0.25, 0.3) is 10.2 Å². The predicted octanol–water partition coefficient (Wildman–Crippen LogP) is 4.87. The van der Waals surface area contributed by atoms with Gasteiger partial charge < -0.3 is 9.80 Å². The van der Waals surface area contributed by atoms with Crippen molar-refractivity contribution in [1.82, 2.24) is 14.2 Å². The molecular formula is C22H24Cl2N4O3S3. The van der Waals surface area contributed by atoms with Crippen LogP contribution in [0.4, 0.5) is 5.13 Å². The summed E-state index contributed by atoms with van der Waals surface area (Å²) in [6, 6.07) is 6.29. The van der Waals surface area contributed by atoms with Crippen LogP contribution in [0.2, 0.25) is 9.36 Å². The molecule has 2 aliphatic heterocycles. The van der Waals surface area contributed by atoms with E-state index in [1.807, 2.05) is 19.1 Å². The molecule has 2 aliphatic rings. The molecule has 3 aromatic rings. The number of thiazole rings is 1. The van der Waals surface area contributed by atoms with E-state index in [1.54, 1.807) is 22.3 Å². The van der Waals surface area contributed by atoms with E-state index in [0.717, 1.165) is 45.1 Å². The van der Waals surface area contributed by atoms with E-state index in [0.29, 0.717) is 48.5 Å². The number of carbonyl (C=O) groups excluding carboxylic acids is 1. The molecule has 2 fully saturated rings. The largest absolute Gasteiger partial charge is 0.345 e. The normalized spacial score (nSPS) is 20.3. The number of piperidine rings is 1. The molecule has 2 aromatic heterocycles. The molecule has 0 bridgehead atoms. The monoisotopic (exact) mass is 558 g/mol. The van der Waals surface area contributed by atoms with Crippen molar-refractivity contribution in [3.63, 3.8) is 0 Å². The summed E-state index contributed by atoms with van der Waals surface area (Å²) in [5.41, 5.74) is 2.00. The van der Waals surface area contributed by atoms with Crippen LogP contribution in [-0.2, 0) is 14.8 Å². The highest BCUT2D eigenvalue weighted by molar-refractivity contribution is 7.91. The number of hydrogen-bond acceptors (Lipinski definition) is 7. The second-order valence-electron chi connectivity index (χ2n) is 8.54. The lowest BCUT2D eigenvalue weighted by molar-refractivity contribution is -0.136. The number of sulfonamides is 1. The van der Waals surface area contributed by atoms with Crippen LogP contribution in [0.1, 0.15) is 24.8 Å². The topological polar surface area (TPSA) is 73.8 Å². The summed E-state index contributed by atoms with van der Waals surface area (Å²) in [6.07, 6.45) is 2.11. The summed E-state index contributed by atoms with van der Waals surface area (Å²) in [4.78, 5) is 22.2. The molecule has 12 heteroatoms. The Balaban J connectivity index is 1.30. The van der Waals surface area contributed by atoms with Crippen molar-refractivity contribution in [1.29, 1.82) is 0 Å². The summed E-state index contributed by atoms with van der Waals surface area (Å²) in [5, 5.41) is 1.60. The fraction of sp³-hybridized carbons (Fsp3) is 0.455. The lowest BCUT2D eigenvalue weighted by atomic mass is 10.0. The minimum Gasteiger partial charge on any atom is -0.345 e. The molecule has 2 saturated heterocycles. The van der Waals surface area contributed by atoms with Gasteiger partial charge in [0, 0.05) is 32.7 Å². The molecule has 4 heterocycles. The summed E-state index contributed by atoms with van der Waals surface area (Å²) in [7, 11) is -3.76. The molecule has 1 unspecified atom stereocenters. The molecule has 1 aromatic carbocycles. The second kappa shape index (κ2) is 9.55. The van der Waals surface area contributed by atoms with Gasteiger partial charge in [0.25, 0.3) is 10.0 Å². The van der Waals surface area contributed by atoms with E-state index < -0.39 is 16.1 Å². The Morgan fingerprint density at radius 1 is 1.03 bits per heavy atom. The van der Waals surface area contributed by atoms with Crippen molar-refractivity contribution in [3.8, 4) is 0 Å². The average Bonchev–Trinajstić information content (AvgIpc) is 3.49. The molecule has 0 radical (unpaired) electrons. The maximum atomic E-state index is 13.5. The molecule has 0 saturated carbocycles. The molecule has 0 N–H and O–H groups in total. The van der Waals surface area contributed by atoms with Crippen LogP contribution in [0.5, 0.6) is 0 Å². The number of fused-ring (bicyclic) bond motifs is 1. The van der Waals surface area contributed by atoms with Gasteiger partial charge in [0.15, 0.2) is 5.13 Å². The standard InChI is InChI=1S/C22H24Cl2N4O3S3/c1-14-5-6-15(23)20-19(14)25-22(33-20)27-12-10-26(11-13-27)21(29)16-4-2-3-9-28(16)34(30,31)18-8-7-17(24)32-18/h5-8,16H,2-4,9-13H2,1H3. The molecule has 0 aliphatic carbocycles. The number of amides is 1. The van der Waals surface area contributed by atoms with Crippen LogP contribution in [0.3, 0.4) is 0 Å². The Hall–Kier alpha value is -1.43. The number of hydrogen-bond donors (Lipinski definition) is 0. The highest BCUT2D eigenvalue weighted by Crippen LogP contribution is 2.36. The Morgan fingerprint density at radius 3 is 2.47 bits per heavy atom. The van der Waals surface area contributed by atoms with Crippen molar-refractivity contribution in [3.05, 3.63) is 39.2 Å². The third kappa shape index (κ3) is 4.44. The van der Waals surface area contributed by atoms with Crippen molar-refractivity contribution in [2.75, 3.05) is 37.6 Å². The highest BCUT2D eigenvalue weighted by Gasteiger charge is 2.40. The second-order valence-corrected chi connectivity index (χ2v) is 13.8. The number of halogens is 2. The molecule has 1 amide bonds. The molecule has 34 heavy (non-hydrogen) atoms. The number of nitrogens with zero attached hydrogens (tertiary/aromatic N) is 4. The number of anilines is 1. The third-order valence-corrected chi connectivity index (χ3v) is 11.6. The number of rotatable bonds is 4. The van der Waals surface area contributed by atoms with Gasteiger partial charge in [-0.05, 0) is 43.5 Å². The maximum Gasteiger partial charge on any atom is 0.253 e. The van der Waals surface area contributed by atoms with E-state index in [4.69, 9.17) is 28.2 Å².